The Morgan fingerprint density at radius 3 is 2.62 bits per heavy atom. The molecule has 26 heavy (non-hydrogen) atoms. The van der Waals surface area contributed by atoms with E-state index in [2.05, 4.69) is 10.5 Å². The van der Waals surface area contributed by atoms with Crippen molar-refractivity contribution < 1.29 is 18.8 Å². The highest BCUT2D eigenvalue weighted by atomic mass is 16.5. The lowest BCUT2D eigenvalue weighted by Gasteiger charge is -2.37. The normalized spacial score (nSPS) is 20.8. The van der Waals surface area contributed by atoms with Crippen molar-refractivity contribution in [3.63, 3.8) is 0 Å². The third kappa shape index (κ3) is 4.80. The van der Waals surface area contributed by atoms with Crippen molar-refractivity contribution in [1.82, 2.24) is 15.0 Å². The Balaban J connectivity index is 1.41. The summed E-state index contributed by atoms with van der Waals surface area (Å²) in [6.45, 7) is 5.87. The molecule has 1 atom stereocenters. The largest absolute Gasteiger partial charge is 0.381 e. The maximum absolute atomic E-state index is 12.6. The summed E-state index contributed by atoms with van der Waals surface area (Å²) in [5.74, 6) is 1.14. The number of nitrogens with one attached hydrogen (secondary N) is 1. The number of piperazine rings is 1. The zero-order valence-corrected chi connectivity index (χ0v) is 15.1. The van der Waals surface area contributed by atoms with E-state index in [1.165, 1.54) is 0 Å². The van der Waals surface area contributed by atoms with Gasteiger partial charge >= 0.3 is 0 Å². The minimum Gasteiger partial charge on any atom is -0.381 e. The topological polar surface area (TPSA) is 114 Å². The Labute approximate surface area is 152 Å². The first-order valence-electron chi connectivity index (χ1n) is 9.10. The molecule has 1 aromatic heterocycles. The van der Waals surface area contributed by atoms with Gasteiger partial charge in [-0.2, -0.15) is 0 Å². The third-order valence-electron chi connectivity index (χ3n) is 5.01. The van der Waals surface area contributed by atoms with Crippen LogP contribution in [-0.2, 0) is 14.3 Å². The number of nitrogens with two attached hydrogens (primary N) is 1. The molecule has 3 N–H and O–H groups in total. The van der Waals surface area contributed by atoms with Crippen LogP contribution in [0, 0.1) is 12.8 Å². The van der Waals surface area contributed by atoms with E-state index in [1.54, 1.807) is 13.0 Å². The van der Waals surface area contributed by atoms with Gasteiger partial charge in [0.1, 0.15) is 5.76 Å². The standard InChI is InChI=1S/C17H27N5O4/c1-12-10-14(20-26-12)19-15(23)11-21-4-6-22(7-5-21)17(24)16(18)13-2-8-25-9-3-13/h10,13,16H,2-9,11,18H2,1H3,(H,19,20,23). The van der Waals surface area contributed by atoms with Crippen LogP contribution in [0.4, 0.5) is 5.82 Å². The van der Waals surface area contributed by atoms with E-state index in [4.69, 9.17) is 15.0 Å². The van der Waals surface area contributed by atoms with E-state index in [0.29, 0.717) is 51.0 Å². The van der Waals surface area contributed by atoms with Crippen LogP contribution in [0.15, 0.2) is 10.6 Å². The zero-order chi connectivity index (χ0) is 18.5. The fourth-order valence-electron chi connectivity index (χ4n) is 3.42. The molecule has 2 fully saturated rings. The second kappa shape index (κ2) is 8.61. The first-order chi connectivity index (χ1) is 12.5. The number of carbonyl (C=O) groups excluding carboxylic acids is 2. The van der Waals surface area contributed by atoms with E-state index in [1.807, 2.05) is 9.80 Å². The predicted octanol–water partition coefficient (Wildman–Crippen LogP) is -0.180. The number of aromatic nitrogens is 1. The number of amides is 2. The lowest BCUT2D eigenvalue weighted by atomic mass is 9.91. The molecule has 2 aliphatic heterocycles. The van der Waals surface area contributed by atoms with Gasteiger partial charge < -0.3 is 25.2 Å². The molecule has 0 spiro atoms. The van der Waals surface area contributed by atoms with Gasteiger partial charge in [0.15, 0.2) is 5.82 Å². The van der Waals surface area contributed by atoms with Crippen LogP contribution >= 0.6 is 0 Å². The summed E-state index contributed by atoms with van der Waals surface area (Å²) in [5.41, 5.74) is 6.19. The molecule has 2 saturated heterocycles. The first kappa shape index (κ1) is 18.8. The number of rotatable bonds is 5. The number of anilines is 1. The highest BCUT2D eigenvalue weighted by Crippen LogP contribution is 2.19. The number of carbonyl (C=O) groups is 2. The third-order valence-corrected chi connectivity index (χ3v) is 5.01. The molecule has 9 heteroatoms. The molecule has 0 aromatic carbocycles. The molecular formula is C17H27N5O4. The van der Waals surface area contributed by atoms with E-state index in [0.717, 1.165) is 12.8 Å². The summed E-state index contributed by atoms with van der Waals surface area (Å²) in [6.07, 6.45) is 1.68. The van der Waals surface area contributed by atoms with Crippen LogP contribution in [-0.4, -0.2) is 78.8 Å². The number of hydrogen-bond acceptors (Lipinski definition) is 7. The van der Waals surface area contributed by atoms with Crippen molar-refractivity contribution in [3.8, 4) is 0 Å². The number of aryl methyl sites for hydroxylation is 1. The van der Waals surface area contributed by atoms with Crippen molar-refractivity contribution in [2.45, 2.75) is 25.8 Å². The van der Waals surface area contributed by atoms with Gasteiger partial charge in [-0.15, -0.1) is 0 Å². The fraction of sp³-hybridized carbons (Fsp3) is 0.706. The highest BCUT2D eigenvalue weighted by Gasteiger charge is 2.31. The molecule has 0 bridgehead atoms. The van der Waals surface area contributed by atoms with Crippen LogP contribution in [0.1, 0.15) is 18.6 Å². The molecule has 0 aliphatic carbocycles. The van der Waals surface area contributed by atoms with Crippen molar-refractivity contribution >= 4 is 17.6 Å². The smallest absolute Gasteiger partial charge is 0.239 e. The Morgan fingerprint density at radius 2 is 2.00 bits per heavy atom. The zero-order valence-electron chi connectivity index (χ0n) is 15.1. The van der Waals surface area contributed by atoms with Gasteiger partial charge in [0.2, 0.25) is 11.8 Å². The summed E-state index contributed by atoms with van der Waals surface area (Å²) in [6, 6.07) is 1.22. The molecule has 2 amide bonds. The molecular weight excluding hydrogens is 338 g/mol. The Bertz CT molecular complexity index is 620. The average Bonchev–Trinajstić information content (AvgIpc) is 3.06. The van der Waals surface area contributed by atoms with Gasteiger partial charge in [-0.05, 0) is 25.7 Å². The van der Waals surface area contributed by atoms with Gasteiger partial charge in [-0.1, -0.05) is 5.16 Å². The van der Waals surface area contributed by atoms with Gasteiger partial charge in [-0.25, -0.2) is 0 Å². The van der Waals surface area contributed by atoms with Crippen LogP contribution in [0.25, 0.3) is 0 Å². The Hall–Kier alpha value is -1.97. The minimum absolute atomic E-state index is 0.0130. The van der Waals surface area contributed by atoms with E-state index in [-0.39, 0.29) is 24.3 Å². The van der Waals surface area contributed by atoms with Crippen LogP contribution in [0.2, 0.25) is 0 Å². The molecule has 3 heterocycles. The molecule has 0 radical (unpaired) electrons. The lowest BCUT2D eigenvalue weighted by molar-refractivity contribution is -0.136. The Kier molecular flexibility index (Phi) is 6.23. The van der Waals surface area contributed by atoms with Crippen molar-refractivity contribution in [2.75, 3.05) is 51.3 Å². The second-order valence-corrected chi connectivity index (χ2v) is 6.95. The van der Waals surface area contributed by atoms with Gasteiger partial charge in [0, 0.05) is 45.5 Å². The molecule has 2 aliphatic rings. The second-order valence-electron chi connectivity index (χ2n) is 6.95. The molecule has 0 saturated carbocycles. The minimum atomic E-state index is -0.454. The lowest BCUT2D eigenvalue weighted by Crippen LogP contribution is -2.56. The van der Waals surface area contributed by atoms with Crippen molar-refractivity contribution in [3.05, 3.63) is 11.8 Å². The summed E-state index contributed by atoms with van der Waals surface area (Å²) in [4.78, 5) is 28.5. The SMILES string of the molecule is Cc1cc(NC(=O)CN2CCN(C(=O)C(N)C3CCOCC3)CC2)no1. The Morgan fingerprint density at radius 1 is 1.31 bits per heavy atom. The predicted molar refractivity (Wildman–Crippen MR) is 94.4 cm³/mol. The van der Waals surface area contributed by atoms with E-state index < -0.39 is 6.04 Å². The van der Waals surface area contributed by atoms with E-state index >= 15 is 0 Å². The summed E-state index contributed by atoms with van der Waals surface area (Å²) < 4.78 is 10.3. The first-order valence-corrected chi connectivity index (χ1v) is 9.10. The summed E-state index contributed by atoms with van der Waals surface area (Å²) >= 11 is 0. The maximum Gasteiger partial charge on any atom is 0.239 e. The van der Waals surface area contributed by atoms with E-state index in [9.17, 15) is 9.59 Å². The van der Waals surface area contributed by atoms with Gasteiger partial charge in [0.25, 0.3) is 0 Å². The molecule has 9 nitrogen and oxygen atoms in total. The molecule has 144 valence electrons. The summed E-state index contributed by atoms with van der Waals surface area (Å²) in [7, 11) is 0. The van der Waals surface area contributed by atoms with Gasteiger partial charge in [0.05, 0.1) is 12.6 Å². The highest BCUT2D eigenvalue weighted by molar-refractivity contribution is 5.91. The van der Waals surface area contributed by atoms with Crippen LogP contribution in [0.5, 0.6) is 0 Å². The molecule has 3 rings (SSSR count). The van der Waals surface area contributed by atoms with Crippen molar-refractivity contribution in [1.29, 1.82) is 0 Å². The van der Waals surface area contributed by atoms with Crippen LogP contribution in [0.3, 0.4) is 0 Å². The average molecular weight is 365 g/mol. The fourth-order valence-corrected chi connectivity index (χ4v) is 3.42. The molecule has 1 aromatic rings. The number of ether oxygens (including phenoxy) is 1. The monoisotopic (exact) mass is 365 g/mol. The quantitative estimate of drug-likeness (QED) is 0.744. The summed E-state index contributed by atoms with van der Waals surface area (Å²) in [5, 5.41) is 6.45. The maximum atomic E-state index is 12.6. The molecule has 1 unspecified atom stereocenters. The number of nitrogens with zero attached hydrogens (tertiary/aromatic N) is 3. The van der Waals surface area contributed by atoms with Gasteiger partial charge in [-0.3, -0.25) is 14.5 Å². The number of hydrogen-bond donors (Lipinski definition) is 2. The van der Waals surface area contributed by atoms with Crippen molar-refractivity contribution in [2.24, 2.45) is 11.7 Å². The van der Waals surface area contributed by atoms with Crippen LogP contribution < -0.4 is 11.1 Å².